The minimum absolute atomic E-state index is 0.0232. The molecule has 23 heavy (non-hydrogen) atoms. The summed E-state index contributed by atoms with van der Waals surface area (Å²) in [6.45, 7) is 4.09. The van der Waals surface area contributed by atoms with E-state index in [1.807, 2.05) is 0 Å². The average Bonchev–Trinajstić information content (AvgIpc) is 2.53. The van der Waals surface area contributed by atoms with Crippen molar-refractivity contribution in [3.8, 4) is 0 Å². The van der Waals surface area contributed by atoms with E-state index in [1.165, 1.54) is 25.7 Å². The maximum absolute atomic E-state index is 11.8. The number of likely N-dealkylation sites (N-methyl/N-ethyl adjacent to an activating group) is 1. The van der Waals surface area contributed by atoms with E-state index < -0.39 is 0 Å². The van der Waals surface area contributed by atoms with Crippen molar-refractivity contribution >= 4 is 11.9 Å². The highest BCUT2D eigenvalue weighted by Gasteiger charge is 2.22. The van der Waals surface area contributed by atoms with Gasteiger partial charge in [-0.15, -0.1) is 0 Å². The number of guanidine groups is 1. The molecule has 0 aromatic heterocycles. The largest absolute Gasteiger partial charge is 0.381 e. The van der Waals surface area contributed by atoms with Crippen LogP contribution in [0, 0.1) is 5.92 Å². The summed E-state index contributed by atoms with van der Waals surface area (Å²) >= 11 is 0. The van der Waals surface area contributed by atoms with E-state index in [1.54, 1.807) is 19.0 Å². The zero-order chi connectivity index (χ0) is 16.7. The van der Waals surface area contributed by atoms with Crippen molar-refractivity contribution in [3.63, 3.8) is 0 Å². The van der Waals surface area contributed by atoms with Gasteiger partial charge in [0.2, 0.25) is 5.91 Å². The Hall–Kier alpha value is -1.30. The lowest BCUT2D eigenvalue weighted by molar-refractivity contribution is -0.127. The van der Waals surface area contributed by atoms with Gasteiger partial charge in [-0.25, -0.2) is 4.99 Å². The Balaban J connectivity index is 1.94. The molecule has 0 bridgehead atoms. The molecule has 0 aromatic rings. The second-order valence-electron chi connectivity index (χ2n) is 7.10. The highest BCUT2D eigenvalue weighted by atomic mass is 16.5. The molecule has 1 aliphatic carbocycles. The van der Waals surface area contributed by atoms with Gasteiger partial charge in [-0.1, -0.05) is 19.8 Å². The van der Waals surface area contributed by atoms with Crippen molar-refractivity contribution in [1.29, 1.82) is 0 Å². The molecule has 2 fully saturated rings. The van der Waals surface area contributed by atoms with Gasteiger partial charge >= 0.3 is 0 Å². The third-order valence-corrected chi connectivity index (χ3v) is 4.71. The molecule has 6 nitrogen and oxygen atoms in total. The normalized spacial score (nSPS) is 26.7. The molecule has 6 heteroatoms. The van der Waals surface area contributed by atoms with E-state index in [9.17, 15) is 4.79 Å². The molecule has 2 unspecified atom stereocenters. The van der Waals surface area contributed by atoms with E-state index in [-0.39, 0.29) is 12.5 Å². The molecule has 132 valence electrons. The summed E-state index contributed by atoms with van der Waals surface area (Å²) < 4.78 is 5.41. The number of amides is 1. The zero-order valence-electron chi connectivity index (χ0n) is 14.8. The highest BCUT2D eigenvalue weighted by Crippen LogP contribution is 2.23. The van der Waals surface area contributed by atoms with Crippen molar-refractivity contribution in [3.05, 3.63) is 0 Å². The molecule has 0 spiro atoms. The maximum Gasteiger partial charge on any atom is 0.243 e. The first kappa shape index (κ1) is 18.0. The number of nitrogens with one attached hydrogen (secondary N) is 2. The summed E-state index contributed by atoms with van der Waals surface area (Å²) in [5, 5.41) is 7.06. The number of hydrogen-bond donors (Lipinski definition) is 2. The average molecular weight is 324 g/mol. The van der Waals surface area contributed by atoms with Crippen LogP contribution >= 0.6 is 0 Å². The minimum Gasteiger partial charge on any atom is -0.381 e. The fraction of sp³-hybridized carbons (Fsp3) is 0.882. The Morgan fingerprint density at radius 3 is 2.48 bits per heavy atom. The molecule has 1 saturated heterocycles. The predicted molar refractivity (Wildman–Crippen MR) is 92.5 cm³/mol. The SMILES string of the molecule is CC1CCCC(NC(=NCC(=O)N(C)C)NC2CCOCC2)C1. The van der Waals surface area contributed by atoms with Crippen LogP contribution in [0.3, 0.4) is 0 Å². The topological polar surface area (TPSA) is 66.0 Å². The summed E-state index contributed by atoms with van der Waals surface area (Å²) in [5.74, 6) is 1.57. The van der Waals surface area contributed by atoms with Crippen LogP contribution in [0.4, 0.5) is 0 Å². The van der Waals surface area contributed by atoms with E-state index in [0.29, 0.717) is 12.1 Å². The lowest BCUT2D eigenvalue weighted by atomic mass is 9.87. The predicted octanol–water partition coefficient (Wildman–Crippen LogP) is 1.37. The Labute approximate surface area is 140 Å². The van der Waals surface area contributed by atoms with E-state index >= 15 is 0 Å². The molecular formula is C17H32N4O2. The summed E-state index contributed by atoms with van der Waals surface area (Å²) in [4.78, 5) is 17.9. The van der Waals surface area contributed by atoms with Crippen LogP contribution in [0.15, 0.2) is 4.99 Å². The molecule has 1 heterocycles. The lowest BCUT2D eigenvalue weighted by Crippen LogP contribution is -2.50. The van der Waals surface area contributed by atoms with Crippen LogP contribution in [0.1, 0.15) is 45.4 Å². The molecule has 2 N–H and O–H groups in total. The molecule has 0 aromatic carbocycles. The molecular weight excluding hydrogens is 292 g/mol. The third-order valence-electron chi connectivity index (χ3n) is 4.71. The molecule has 2 aliphatic rings. The van der Waals surface area contributed by atoms with Crippen LogP contribution < -0.4 is 10.6 Å². The summed E-state index contributed by atoms with van der Waals surface area (Å²) in [6, 6.07) is 0.838. The number of hydrogen-bond acceptors (Lipinski definition) is 3. The second-order valence-corrected chi connectivity index (χ2v) is 7.10. The Morgan fingerprint density at radius 1 is 1.13 bits per heavy atom. The van der Waals surface area contributed by atoms with Gasteiger partial charge < -0.3 is 20.3 Å². The molecule has 2 rings (SSSR count). The van der Waals surface area contributed by atoms with Crippen LogP contribution in [0.5, 0.6) is 0 Å². The van der Waals surface area contributed by atoms with Crippen LogP contribution in [-0.4, -0.2) is 62.7 Å². The standard InChI is InChI=1S/C17H32N4O2/c1-13-5-4-6-15(11-13)20-17(18-12-16(22)21(2)3)19-14-7-9-23-10-8-14/h13-15H,4-12H2,1-3H3,(H2,18,19,20). The van der Waals surface area contributed by atoms with Gasteiger partial charge in [0.15, 0.2) is 5.96 Å². The Bertz CT molecular complexity index is 405. The fourth-order valence-electron chi connectivity index (χ4n) is 3.21. The van der Waals surface area contributed by atoms with Crippen LogP contribution in [0.25, 0.3) is 0 Å². The highest BCUT2D eigenvalue weighted by molar-refractivity contribution is 5.85. The third kappa shape index (κ3) is 6.37. The summed E-state index contributed by atoms with van der Waals surface area (Å²) in [5.41, 5.74) is 0. The van der Waals surface area contributed by atoms with E-state index in [2.05, 4.69) is 22.5 Å². The van der Waals surface area contributed by atoms with Gasteiger partial charge in [0, 0.05) is 39.4 Å². The molecule has 1 amide bonds. The maximum atomic E-state index is 11.8. The first-order chi connectivity index (χ1) is 11.0. The minimum atomic E-state index is 0.0232. The summed E-state index contributed by atoms with van der Waals surface area (Å²) in [6.07, 6.45) is 6.92. The van der Waals surface area contributed by atoms with Gasteiger partial charge in [-0.05, 0) is 31.6 Å². The smallest absolute Gasteiger partial charge is 0.243 e. The van der Waals surface area contributed by atoms with Crippen LogP contribution in [0.2, 0.25) is 0 Å². The van der Waals surface area contributed by atoms with Gasteiger partial charge in [-0.2, -0.15) is 0 Å². The first-order valence-corrected chi connectivity index (χ1v) is 8.90. The zero-order valence-corrected chi connectivity index (χ0v) is 14.8. The van der Waals surface area contributed by atoms with Gasteiger partial charge in [0.05, 0.1) is 0 Å². The van der Waals surface area contributed by atoms with Crippen molar-refractivity contribution in [2.24, 2.45) is 10.9 Å². The van der Waals surface area contributed by atoms with Crippen molar-refractivity contribution < 1.29 is 9.53 Å². The van der Waals surface area contributed by atoms with E-state index in [0.717, 1.165) is 37.9 Å². The number of ether oxygens (including phenoxy) is 1. The molecule has 1 saturated carbocycles. The first-order valence-electron chi connectivity index (χ1n) is 8.90. The number of nitrogens with zero attached hydrogens (tertiary/aromatic N) is 2. The molecule has 1 aliphatic heterocycles. The Kier molecular flexibility index (Phi) is 7.15. The fourth-order valence-corrected chi connectivity index (χ4v) is 3.21. The van der Waals surface area contributed by atoms with Crippen molar-refractivity contribution in [2.45, 2.75) is 57.5 Å². The van der Waals surface area contributed by atoms with Gasteiger partial charge in [0.1, 0.15) is 6.54 Å². The van der Waals surface area contributed by atoms with Gasteiger partial charge in [0.25, 0.3) is 0 Å². The Morgan fingerprint density at radius 2 is 1.83 bits per heavy atom. The molecule has 2 atom stereocenters. The van der Waals surface area contributed by atoms with Gasteiger partial charge in [-0.3, -0.25) is 4.79 Å². The second kappa shape index (κ2) is 9.11. The van der Waals surface area contributed by atoms with E-state index in [4.69, 9.17) is 4.74 Å². The lowest BCUT2D eigenvalue weighted by Gasteiger charge is -2.31. The summed E-state index contributed by atoms with van der Waals surface area (Å²) in [7, 11) is 3.53. The van der Waals surface area contributed by atoms with Crippen molar-refractivity contribution in [2.75, 3.05) is 33.9 Å². The molecule has 0 radical (unpaired) electrons. The monoisotopic (exact) mass is 324 g/mol. The van der Waals surface area contributed by atoms with Crippen LogP contribution in [-0.2, 0) is 9.53 Å². The number of rotatable bonds is 4. The number of carbonyl (C=O) groups excluding carboxylic acids is 1. The number of aliphatic imine (C=N–C) groups is 1. The number of carbonyl (C=O) groups is 1. The van der Waals surface area contributed by atoms with Crippen molar-refractivity contribution in [1.82, 2.24) is 15.5 Å². The quantitative estimate of drug-likeness (QED) is 0.605.